The van der Waals surface area contributed by atoms with E-state index in [0.29, 0.717) is 30.3 Å². The SMILES string of the molecule is CC1=C(C(=O)Nc2ccc(F)cc2C2CCCCCC2)CCO1. The van der Waals surface area contributed by atoms with Crippen LogP contribution in [0.1, 0.15) is 63.4 Å². The van der Waals surface area contributed by atoms with Gasteiger partial charge in [0.15, 0.2) is 0 Å². The number of allylic oxidation sites excluding steroid dienone is 1. The first-order valence-electron chi connectivity index (χ1n) is 8.58. The molecule has 0 unspecified atom stereocenters. The highest BCUT2D eigenvalue weighted by Crippen LogP contribution is 2.36. The van der Waals surface area contributed by atoms with Crippen molar-refractivity contribution in [2.75, 3.05) is 11.9 Å². The summed E-state index contributed by atoms with van der Waals surface area (Å²) >= 11 is 0. The number of anilines is 1. The van der Waals surface area contributed by atoms with Crippen molar-refractivity contribution in [2.24, 2.45) is 0 Å². The molecule has 23 heavy (non-hydrogen) atoms. The van der Waals surface area contributed by atoms with E-state index in [-0.39, 0.29) is 11.7 Å². The molecule has 1 fully saturated rings. The van der Waals surface area contributed by atoms with Gasteiger partial charge in [-0.25, -0.2) is 4.39 Å². The molecule has 0 saturated heterocycles. The van der Waals surface area contributed by atoms with Crippen LogP contribution in [0.15, 0.2) is 29.5 Å². The summed E-state index contributed by atoms with van der Waals surface area (Å²) in [5, 5.41) is 2.98. The molecule has 1 heterocycles. The van der Waals surface area contributed by atoms with Gasteiger partial charge in [-0.15, -0.1) is 0 Å². The van der Waals surface area contributed by atoms with Crippen LogP contribution in [0.5, 0.6) is 0 Å². The van der Waals surface area contributed by atoms with E-state index in [1.165, 1.54) is 31.7 Å². The Labute approximate surface area is 136 Å². The number of carbonyl (C=O) groups is 1. The second kappa shape index (κ2) is 7.16. The van der Waals surface area contributed by atoms with Crippen molar-refractivity contribution in [3.8, 4) is 0 Å². The predicted octanol–water partition coefficient (Wildman–Crippen LogP) is 4.90. The molecule has 1 saturated carbocycles. The summed E-state index contributed by atoms with van der Waals surface area (Å²) in [6, 6.07) is 4.71. The van der Waals surface area contributed by atoms with Gasteiger partial charge in [0, 0.05) is 12.1 Å². The van der Waals surface area contributed by atoms with Gasteiger partial charge in [-0.1, -0.05) is 25.7 Å². The van der Waals surface area contributed by atoms with Crippen LogP contribution >= 0.6 is 0 Å². The van der Waals surface area contributed by atoms with Crippen molar-refractivity contribution in [1.82, 2.24) is 0 Å². The number of nitrogens with one attached hydrogen (secondary N) is 1. The lowest BCUT2D eigenvalue weighted by Crippen LogP contribution is -2.16. The van der Waals surface area contributed by atoms with E-state index >= 15 is 0 Å². The fraction of sp³-hybridized carbons (Fsp3) is 0.526. The first kappa shape index (κ1) is 16.0. The van der Waals surface area contributed by atoms with Crippen LogP contribution in [0, 0.1) is 5.82 Å². The maximum atomic E-state index is 13.8. The summed E-state index contributed by atoms with van der Waals surface area (Å²) in [5.74, 6) is 0.669. The Bertz CT molecular complexity index is 616. The van der Waals surface area contributed by atoms with Crippen molar-refractivity contribution in [3.05, 3.63) is 40.9 Å². The molecule has 1 N–H and O–H groups in total. The minimum Gasteiger partial charge on any atom is -0.497 e. The monoisotopic (exact) mass is 317 g/mol. The molecule has 0 radical (unpaired) electrons. The fourth-order valence-corrected chi connectivity index (χ4v) is 3.62. The minimum atomic E-state index is -0.234. The first-order valence-corrected chi connectivity index (χ1v) is 8.58. The van der Waals surface area contributed by atoms with E-state index in [2.05, 4.69) is 5.32 Å². The molecule has 0 aromatic heterocycles. The van der Waals surface area contributed by atoms with Crippen molar-refractivity contribution >= 4 is 11.6 Å². The number of hydrogen-bond donors (Lipinski definition) is 1. The molecule has 0 atom stereocenters. The molecule has 0 spiro atoms. The Kier molecular flexibility index (Phi) is 4.99. The lowest BCUT2D eigenvalue weighted by atomic mass is 9.90. The average Bonchev–Trinajstić information content (AvgIpc) is 2.80. The number of ether oxygens (including phenoxy) is 1. The van der Waals surface area contributed by atoms with Gasteiger partial charge >= 0.3 is 0 Å². The highest BCUT2D eigenvalue weighted by molar-refractivity contribution is 6.04. The molecule has 4 heteroatoms. The topological polar surface area (TPSA) is 38.3 Å². The largest absolute Gasteiger partial charge is 0.497 e. The molecule has 0 bridgehead atoms. The van der Waals surface area contributed by atoms with Crippen LogP contribution < -0.4 is 5.32 Å². The molecule has 1 aromatic carbocycles. The molecule has 1 amide bonds. The van der Waals surface area contributed by atoms with E-state index in [1.54, 1.807) is 12.1 Å². The van der Waals surface area contributed by atoms with Gasteiger partial charge in [-0.05, 0) is 49.4 Å². The summed E-state index contributed by atoms with van der Waals surface area (Å²) in [7, 11) is 0. The molecule has 1 aliphatic heterocycles. The minimum absolute atomic E-state index is 0.124. The van der Waals surface area contributed by atoms with Crippen LogP contribution in [-0.4, -0.2) is 12.5 Å². The van der Waals surface area contributed by atoms with E-state index in [1.807, 2.05) is 6.92 Å². The number of hydrogen-bond acceptors (Lipinski definition) is 2. The van der Waals surface area contributed by atoms with Crippen molar-refractivity contribution < 1.29 is 13.9 Å². The number of amides is 1. The maximum absolute atomic E-state index is 13.8. The zero-order valence-corrected chi connectivity index (χ0v) is 13.7. The fourth-order valence-electron chi connectivity index (χ4n) is 3.62. The quantitative estimate of drug-likeness (QED) is 0.806. The molecule has 3 nitrogen and oxygen atoms in total. The predicted molar refractivity (Wildman–Crippen MR) is 88.7 cm³/mol. The van der Waals surface area contributed by atoms with Crippen LogP contribution in [0.25, 0.3) is 0 Å². The molecular formula is C19H24FNO2. The number of carbonyl (C=O) groups excluding carboxylic acids is 1. The van der Waals surface area contributed by atoms with Gasteiger partial charge in [0.2, 0.25) is 0 Å². The standard InChI is InChI=1S/C19H24FNO2/c1-13-16(10-11-23-13)19(22)21-18-9-8-15(20)12-17(18)14-6-4-2-3-5-7-14/h8-9,12,14H,2-7,10-11H2,1H3,(H,21,22). The average molecular weight is 317 g/mol. The van der Waals surface area contributed by atoms with Gasteiger partial charge in [0.1, 0.15) is 11.6 Å². The maximum Gasteiger partial charge on any atom is 0.255 e. The van der Waals surface area contributed by atoms with Gasteiger partial charge in [-0.3, -0.25) is 4.79 Å². The third-order valence-corrected chi connectivity index (χ3v) is 4.93. The second-order valence-corrected chi connectivity index (χ2v) is 6.51. The zero-order chi connectivity index (χ0) is 16.2. The number of rotatable bonds is 3. The zero-order valence-electron chi connectivity index (χ0n) is 13.7. The van der Waals surface area contributed by atoms with E-state index in [4.69, 9.17) is 4.74 Å². The molecule has 1 aliphatic carbocycles. The Morgan fingerprint density at radius 3 is 2.61 bits per heavy atom. The van der Waals surface area contributed by atoms with Gasteiger partial charge in [0.25, 0.3) is 5.91 Å². The highest BCUT2D eigenvalue weighted by Gasteiger charge is 2.23. The van der Waals surface area contributed by atoms with Crippen LogP contribution in [0.3, 0.4) is 0 Å². The lowest BCUT2D eigenvalue weighted by Gasteiger charge is -2.19. The normalized spacial score (nSPS) is 19.4. The Hall–Kier alpha value is -1.84. The molecule has 3 rings (SSSR count). The van der Waals surface area contributed by atoms with Crippen LogP contribution in [-0.2, 0) is 9.53 Å². The van der Waals surface area contributed by atoms with E-state index in [0.717, 1.165) is 24.1 Å². The molecule has 2 aliphatic rings. The van der Waals surface area contributed by atoms with Crippen molar-refractivity contribution in [1.29, 1.82) is 0 Å². The van der Waals surface area contributed by atoms with Crippen LogP contribution in [0.4, 0.5) is 10.1 Å². The summed E-state index contributed by atoms with van der Waals surface area (Å²) in [6.45, 7) is 2.38. The van der Waals surface area contributed by atoms with Crippen LogP contribution in [0.2, 0.25) is 0 Å². The number of benzene rings is 1. The summed E-state index contributed by atoms with van der Waals surface area (Å²) in [4.78, 5) is 12.5. The van der Waals surface area contributed by atoms with Crippen molar-refractivity contribution in [2.45, 2.75) is 57.8 Å². The summed E-state index contributed by atoms with van der Waals surface area (Å²) in [6.07, 6.45) is 7.61. The molecular weight excluding hydrogens is 293 g/mol. The highest BCUT2D eigenvalue weighted by atomic mass is 19.1. The Balaban J connectivity index is 1.84. The number of halogens is 1. The smallest absolute Gasteiger partial charge is 0.255 e. The molecule has 124 valence electrons. The van der Waals surface area contributed by atoms with Crippen molar-refractivity contribution in [3.63, 3.8) is 0 Å². The Morgan fingerprint density at radius 1 is 1.22 bits per heavy atom. The lowest BCUT2D eigenvalue weighted by molar-refractivity contribution is -0.113. The second-order valence-electron chi connectivity index (χ2n) is 6.51. The Morgan fingerprint density at radius 2 is 1.96 bits per heavy atom. The van der Waals surface area contributed by atoms with Gasteiger partial charge in [0.05, 0.1) is 12.2 Å². The summed E-state index contributed by atoms with van der Waals surface area (Å²) in [5.41, 5.74) is 2.38. The molecule has 1 aromatic rings. The summed E-state index contributed by atoms with van der Waals surface area (Å²) < 4.78 is 19.1. The van der Waals surface area contributed by atoms with Gasteiger partial charge < -0.3 is 10.1 Å². The van der Waals surface area contributed by atoms with E-state index in [9.17, 15) is 9.18 Å². The first-order chi connectivity index (χ1) is 11.1. The van der Waals surface area contributed by atoms with E-state index < -0.39 is 0 Å². The third-order valence-electron chi connectivity index (χ3n) is 4.93. The van der Waals surface area contributed by atoms with Gasteiger partial charge in [-0.2, -0.15) is 0 Å². The third kappa shape index (κ3) is 3.74.